The smallest absolute Gasteiger partial charge is 0.229 e. The van der Waals surface area contributed by atoms with Gasteiger partial charge in [0.05, 0.1) is 12.8 Å². The van der Waals surface area contributed by atoms with Crippen molar-refractivity contribution < 1.29 is 4.74 Å². The summed E-state index contributed by atoms with van der Waals surface area (Å²) in [5.41, 5.74) is 3.65. The van der Waals surface area contributed by atoms with Crippen molar-refractivity contribution in [2.75, 3.05) is 17.7 Å². The highest BCUT2D eigenvalue weighted by Crippen LogP contribution is 2.27. The van der Waals surface area contributed by atoms with Crippen LogP contribution < -0.4 is 15.4 Å². The number of hydrogen-bond acceptors (Lipinski definition) is 5. The number of ether oxygens (including phenoxy) is 1. The molecule has 3 aromatic rings. The van der Waals surface area contributed by atoms with Crippen LogP contribution in [0.15, 0.2) is 48.5 Å². The summed E-state index contributed by atoms with van der Waals surface area (Å²) in [5.74, 6) is 1.93. The number of nitrogens with one attached hydrogen (secondary N) is 2. The second-order valence-corrected chi connectivity index (χ2v) is 6.06. The van der Waals surface area contributed by atoms with Gasteiger partial charge in [-0.05, 0) is 49.7 Å². The Kier molecular flexibility index (Phi) is 5.05. The summed E-state index contributed by atoms with van der Waals surface area (Å²) in [7, 11) is 1.63. The number of hydrogen-bond donors (Lipinski definition) is 2. The van der Waals surface area contributed by atoms with Crippen molar-refractivity contribution in [2.45, 2.75) is 13.8 Å². The third-order valence-electron chi connectivity index (χ3n) is 3.66. The van der Waals surface area contributed by atoms with Crippen LogP contribution in [0, 0.1) is 13.8 Å². The maximum Gasteiger partial charge on any atom is 0.229 e. The van der Waals surface area contributed by atoms with Crippen LogP contribution in [0.5, 0.6) is 5.75 Å². The average molecular weight is 355 g/mol. The van der Waals surface area contributed by atoms with Crippen LogP contribution in [0.1, 0.15) is 11.3 Å². The first kappa shape index (κ1) is 17.0. The predicted octanol–water partition coefficient (Wildman–Crippen LogP) is 5.24. The average Bonchev–Trinajstić information content (AvgIpc) is 2.57. The predicted molar refractivity (Wildman–Crippen MR) is 103 cm³/mol. The zero-order valence-corrected chi connectivity index (χ0v) is 15.1. The zero-order valence-electron chi connectivity index (χ0n) is 14.3. The Bertz CT molecular complexity index is 898. The number of methoxy groups -OCH3 is 1. The summed E-state index contributed by atoms with van der Waals surface area (Å²) < 4.78 is 5.35. The van der Waals surface area contributed by atoms with Crippen LogP contribution in [-0.2, 0) is 0 Å². The molecule has 25 heavy (non-hydrogen) atoms. The van der Waals surface area contributed by atoms with Gasteiger partial charge in [0.1, 0.15) is 11.6 Å². The lowest BCUT2D eigenvalue weighted by Gasteiger charge is -2.13. The molecule has 2 N–H and O–H groups in total. The Morgan fingerprint density at radius 1 is 0.920 bits per heavy atom. The first-order valence-corrected chi connectivity index (χ1v) is 8.22. The number of anilines is 4. The summed E-state index contributed by atoms with van der Waals surface area (Å²) in [6, 6.07) is 15.2. The molecule has 0 saturated carbocycles. The molecule has 0 aliphatic carbocycles. The number of halogens is 1. The summed E-state index contributed by atoms with van der Waals surface area (Å²) in [5, 5.41) is 7.23. The van der Waals surface area contributed by atoms with E-state index < -0.39 is 0 Å². The third-order valence-corrected chi connectivity index (χ3v) is 3.89. The van der Waals surface area contributed by atoms with E-state index in [2.05, 4.69) is 20.6 Å². The molecule has 5 nitrogen and oxygen atoms in total. The minimum Gasteiger partial charge on any atom is -0.495 e. The molecular weight excluding hydrogens is 336 g/mol. The highest BCUT2D eigenvalue weighted by atomic mass is 35.5. The van der Waals surface area contributed by atoms with Gasteiger partial charge in [0.25, 0.3) is 0 Å². The Morgan fingerprint density at radius 2 is 1.72 bits per heavy atom. The van der Waals surface area contributed by atoms with Crippen molar-refractivity contribution in [1.29, 1.82) is 0 Å². The fourth-order valence-electron chi connectivity index (χ4n) is 2.46. The fourth-order valence-corrected chi connectivity index (χ4v) is 2.69. The first-order valence-electron chi connectivity index (χ1n) is 7.84. The standard InChI is InChI=1S/C19H19ClN4O/c1-12-10-14(20)8-9-15(12)22-18-11-13(2)21-19(24-18)23-16-6-4-5-7-17(16)25-3/h4-11H,1-3H3,(H2,21,22,23,24). The van der Waals surface area contributed by atoms with Gasteiger partial charge in [0.2, 0.25) is 5.95 Å². The van der Waals surface area contributed by atoms with E-state index in [0.717, 1.165) is 28.4 Å². The van der Waals surface area contributed by atoms with Gasteiger partial charge in [-0.1, -0.05) is 23.7 Å². The highest BCUT2D eigenvalue weighted by Gasteiger charge is 2.08. The monoisotopic (exact) mass is 354 g/mol. The molecule has 0 aliphatic heterocycles. The van der Waals surface area contributed by atoms with Crippen LogP contribution >= 0.6 is 11.6 Å². The van der Waals surface area contributed by atoms with E-state index in [9.17, 15) is 0 Å². The molecule has 128 valence electrons. The molecule has 2 aromatic carbocycles. The zero-order chi connectivity index (χ0) is 17.8. The molecule has 6 heteroatoms. The number of aromatic nitrogens is 2. The summed E-state index contributed by atoms with van der Waals surface area (Å²) in [4.78, 5) is 8.99. The van der Waals surface area contributed by atoms with Gasteiger partial charge in [-0.3, -0.25) is 0 Å². The van der Waals surface area contributed by atoms with Gasteiger partial charge in [-0.25, -0.2) is 4.98 Å². The highest BCUT2D eigenvalue weighted by molar-refractivity contribution is 6.30. The number of para-hydroxylation sites is 2. The second kappa shape index (κ2) is 7.40. The lowest BCUT2D eigenvalue weighted by molar-refractivity contribution is 0.417. The Balaban J connectivity index is 1.87. The Hall–Kier alpha value is -2.79. The Labute approximate surface area is 152 Å². The number of nitrogens with zero attached hydrogens (tertiary/aromatic N) is 2. The minimum absolute atomic E-state index is 0.499. The van der Waals surface area contributed by atoms with Crippen molar-refractivity contribution in [3.63, 3.8) is 0 Å². The Morgan fingerprint density at radius 3 is 2.48 bits per heavy atom. The quantitative estimate of drug-likeness (QED) is 0.656. The summed E-state index contributed by atoms with van der Waals surface area (Å²) in [6.45, 7) is 3.92. The van der Waals surface area contributed by atoms with Crippen molar-refractivity contribution in [3.8, 4) is 5.75 Å². The summed E-state index contributed by atoms with van der Waals surface area (Å²) >= 11 is 6.01. The van der Waals surface area contributed by atoms with E-state index in [0.29, 0.717) is 16.8 Å². The van der Waals surface area contributed by atoms with E-state index in [1.807, 2.05) is 62.4 Å². The van der Waals surface area contributed by atoms with Gasteiger partial charge < -0.3 is 15.4 Å². The van der Waals surface area contributed by atoms with E-state index in [1.54, 1.807) is 7.11 Å². The maximum absolute atomic E-state index is 6.01. The van der Waals surface area contributed by atoms with Crippen LogP contribution in [0.4, 0.5) is 23.1 Å². The van der Waals surface area contributed by atoms with Gasteiger partial charge in [0, 0.05) is 22.5 Å². The van der Waals surface area contributed by atoms with Gasteiger partial charge in [-0.15, -0.1) is 0 Å². The summed E-state index contributed by atoms with van der Waals surface area (Å²) in [6.07, 6.45) is 0. The van der Waals surface area contributed by atoms with Gasteiger partial charge >= 0.3 is 0 Å². The van der Waals surface area contributed by atoms with Crippen LogP contribution in [0.25, 0.3) is 0 Å². The van der Waals surface area contributed by atoms with E-state index in [4.69, 9.17) is 16.3 Å². The molecular formula is C19H19ClN4O. The molecule has 0 atom stereocenters. The minimum atomic E-state index is 0.499. The van der Waals surface area contributed by atoms with Crippen LogP contribution in [0.2, 0.25) is 5.02 Å². The van der Waals surface area contributed by atoms with Crippen molar-refractivity contribution in [2.24, 2.45) is 0 Å². The van der Waals surface area contributed by atoms with Crippen molar-refractivity contribution in [3.05, 3.63) is 64.8 Å². The molecule has 0 saturated heterocycles. The van der Waals surface area contributed by atoms with Crippen LogP contribution in [-0.4, -0.2) is 17.1 Å². The fraction of sp³-hybridized carbons (Fsp3) is 0.158. The first-order chi connectivity index (χ1) is 12.0. The third kappa shape index (κ3) is 4.19. The van der Waals surface area contributed by atoms with E-state index in [-0.39, 0.29) is 0 Å². The molecule has 0 fully saturated rings. The number of benzene rings is 2. The lowest BCUT2D eigenvalue weighted by Crippen LogP contribution is -2.03. The molecule has 1 aromatic heterocycles. The van der Waals surface area contributed by atoms with Crippen LogP contribution in [0.3, 0.4) is 0 Å². The normalized spacial score (nSPS) is 10.4. The SMILES string of the molecule is COc1ccccc1Nc1nc(C)cc(Nc2ccc(Cl)cc2C)n1. The topological polar surface area (TPSA) is 59.1 Å². The molecule has 0 amide bonds. The van der Waals surface area contributed by atoms with E-state index >= 15 is 0 Å². The molecule has 1 heterocycles. The largest absolute Gasteiger partial charge is 0.495 e. The molecule has 0 bridgehead atoms. The maximum atomic E-state index is 6.01. The lowest BCUT2D eigenvalue weighted by atomic mass is 10.2. The van der Waals surface area contributed by atoms with Gasteiger partial charge in [0.15, 0.2) is 0 Å². The van der Waals surface area contributed by atoms with Crippen molar-refractivity contribution >= 4 is 34.7 Å². The number of rotatable bonds is 5. The van der Waals surface area contributed by atoms with E-state index in [1.165, 1.54) is 0 Å². The second-order valence-electron chi connectivity index (χ2n) is 5.63. The van der Waals surface area contributed by atoms with Gasteiger partial charge in [-0.2, -0.15) is 4.98 Å². The molecule has 0 aliphatic rings. The number of aryl methyl sites for hydroxylation is 2. The molecule has 0 radical (unpaired) electrons. The molecule has 0 unspecified atom stereocenters. The molecule has 0 spiro atoms. The molecule has 3 rings (SSSR count). The van der Waals surface area contributed by atoms with Crippen molar-refractivity contribution in [1.82, 2.24) is 9.97 Å².